The molecule has 2 nitrogen and oxygen atoms in total. The highest BCUT2D eigenvalue weighted by Gasteiger charge is 2.14. The molecule has 0 saturated carbocycles. The summed E-state index contributed by atoms with van der Waals surface area (Å²) >= 11 is 0. The van der Waals surface area contributed by atoms with Crippen LogP contribution in [0.2, 0.25) is 0 Å². The number of hydrogen-bond donors (Lipinski definition) is 0. The predicted molar refractivity (Wildman–Crippen MR) is 97.3 cm³/mol. The molecule has 0 amide bonds. The van der Waals surface area contributed by atoms with Gasteiger partial charge < -0.3 is 4.40 Å². The molecule has 4 aromatic rings. The molecule has 0 unspecified atom stereocenters. The van der Waals surface area contributed by atoms with Crippen molar-refractivity contribution in [3.05, 3.63) is 102 Å². The zero-order valence-electron chi connectivity index (χ0n) is 13.2. The molecule has 0 radical (unpaired) electrons. The Morgan fingerprint density at radius 3 is 2.21 bits per heavy atom. The number of aromatic nitrogens is 1. The number of Topliss-reactive ketones (excluding diaryl/α,β-unsaturated/α-hetero) is 1. The lowest BCUT2D eigenvalue weighted by atomic mass is 10.0. The molecule has 0 N–H and O–H groups in total. The van der Waals surface area contributed by atoms with Gasteiger partial charge in [-0.25, -0.2) is 0 Å². The molecular weight excluding hydrogens is 294 g/mol. The summed E-state index contributed by atoms with van der Waals surface area (Å²) in [5.74, 6) is 0.145. The fraction of sp³-hybridized carbons (Fsp3) is 0.0455. The second-order valence-corrected chi connectivity index (χ2v) is 5.84. The molecule has 0 spiro atoms. The molecule has 0 saturated heterocycles. The van der Waals surface area contributed by atoms with E-state index >= 15 is 0 Å². The highest BCUT2D eigenvalue weighted by Crippen LogP contribution is 2.27. The molecule has 2 heterocycles. The van der Waals surface area contributed by atoms with Gasteiger partial charge in [-0.3, -0.25) is 4.79 Å². The summed E-state index contributed by atoms with van der Waals surface area (Å²) in [5, 5.41) is 0. The molecule has 2 aromatic heterocycles. The van der Waals surface area contributed by atoms with Crippen molar-refractivity contribution in [2.45, 2.75) is 6.42 Å². The summed E-state index contributed by atoms with van der Waals surface area (Å²) in [5.41, 5.74) is 5.16. The first-order valence-corrected chi connectivity index (χ1v) is 8.05. The Hall–Kier alpha value is -3.13. The number of pyridine rings is 1. The molecule has 2 aromatic carbocycles. The van der Waals surface area contributed by atoms with Crippen LogP contribution in [0.4, 0.5) is 0 Å². The van der Waals surface area contributed by atoms with E-state index in [1.165, 1.54) is 0 Å². The number of carbonyl (C=O) groups excluding carboxylic acids is 1. The summed E-state index contributed by atoms with van der Waals surface area (Å²) in [6, 6.07) is 28.0. The van der Waals surface area contributed by atoms with Crippen LogP contribution in [0.5, 0.6) is 0 Å². The summed E-state index contributed by atoms with van der Waals surface area (Å²) in [6.45, 7) is 0. The average molecular weight is 311 g/mol. The monoisotopic (exact) mass is 311 g/mol. The maximum atomic E-state index is 12.6. The number of hydrogen-bond acceptors (Lipinski definition) is 1. The molecule has 24 heavy (non-hydrogen) atoms. The quantitative estimate of drug-likeness (QED) is 0.484. The minimum absolute atomic E-state index is 0.145. The van der Waals surface area contributed by atoms with Crippen molar-refractivity contribution in [2.24, 2.45) is 0 Å². The van der Waals surface area contributed by atoms with Crippen molar-refractivity contribution in [1.82, 2.24) is 4.40 Å². The Kier molecular flexibility index (Phi) is 3.72. The van der Waals surface area contributed by atoms with Crippen LogP contribution in [-0.4, -0.2) is 10.2 Å². The van der Waals surface area contributed by atoms with Gasteiger partial charge in [0.05, 0.1) is 5.69 Å². The van der Waals surface area contributed by atoms with E-state index in [0.29, 0.717) is 6.42 Å². The molecule has 0 fully saturated rings. The van der Waals surface area contributed by atoms with E-state index in [1.54, 1.807) is 0 Å². The van der Waals surface area contributed by atoms with Gasteiger partial charge in [0.2, 0.25) is 0 Å². The number of ketones is 1. The van der Waals surface area contributed by atoms with Crippen molar-refractivity contribution in [1.29, 1.82) is 0 Å². The topological polar surface area (TPSA) is 21.5 Å². The van der Waals surface area contributed by atoms with E-state index in [1.807, 2.05) is 66.9 Å². The van der Waals surface area contributed by atoms with E-state index in [4.69, 9.17) is 0 Å². The summed E-state index contributed by atoms with van der Waals surface area (Å²) in [4.78, 5) is 12.6. The maximum Gasteiger partial charge on any atom is 0.167 e. The van der Waals surface area contributed by atoms with E-state index in [-0.39, 0.29) is 5.78 Å². The number of benzene rings is 2. The molecule has 0 atom stereocenters. The van der Waals surface area contributed by atoms with Gasteiger partial charge in [0.25, 0.3) is 0 Å². The molecule has 0 aliphatic carbocycles. The van der Waals surface area contributed by atoms with Crippen molar-refractivity contribution >= 4 is 11.3 Å². The summed E-state index contributed by atoms with van der Waals surface area (Å²) in [6.07, 6.45) is 2.46. The van der Waals surface area contributed by atoms with Crippen LogP contribution in [0, 0.1) is 0 Å². The van der Waals surface area contributed by atoms with Crippen LogP contribution in [0.1, 0.15) is 15.9 Å². The molecule has 0 aliphatic heterocycles. The molecule has 0 aliphatic rings. The van der Waals surface area contributed by atoms with Crippen molar-refractivity contribution < 1.29 is 4.79 Å². The lowest BCUT2D eigenvalue weighted by molar-refractivity contribution is 0.0993. The Bertz CT molecular complexity index is 984. The molecule has 2 heteroatoms. The number of fused-ring (bicyclic) bond motifs is 1. The number of rotatable bonds is 4. The van der Waals surface area contributed by atoms with Gasteiger partial charge in [-0.2, -0.15) is 0 Å². The molecule has 116 valence electrons. The lowest BCUT2D eigenvalue weighted by Gasteiger charge is -2.02. The van der Waals surface area contributed by atoms with Crippen LogP contribution in [0.3, 0.4) is 0 Å². The zero-order chi connectivity index (χ0) is 16.4. The second-order valence-electron chi connectivity index (χ2n) is 5.84. The standard InChI is InChI=1S/C22H17NO/c24-22(18-11-5-2-6-12-18)16-19-15-21(17-9-3-1-4-10-17)23-14-8-7-13-20(19)23/h1-15H,16H2. The van der Waals surface area contributed by atoms with Crippen molar-refractivity contribution in [2.75, 3.05) is 0 Å². The largest absolute Gasteiger partial charge is 0.316 e. The lowest BCUT2D eigenvalue weighted by Crippen LogP contribution is -2.02. The van der Waals surface area contributed by atoms with Gasteiger partial charge in [-0.05, 0) is 29.3 Å². The second kappa shape index (κ2) is 6.17. The van der Waals surface area contributed by atoms with Gasteiger partial charge in [0.1, 0.15) is 0 Å². The minimum atomic E-state index is 0.145. The predicted octanol–water partition coefficient (Wildman–Crippen LogP) is 5.03. The first kappa shape index (κ1) is 14.5. The fourth-order valence-electron chi connectivity index (χ4n) is 3.10. The summed E-state index contributed by atoms with van der Waals surface area (Å²) < 4.78 is 2.16. The van der Waals surface area contributed by atoms with Crippen LogP contribution in [0.15, 0.2) is 91.1 Å². The van der Waals surface area contributed by atoms with Crippen LogP contribution in [0.25, 0.3) is 16.8 Å². The van der Waals surface area contributed by atoms with Crippen LogP contribution < -0.4 is 0 Å². The Morgan fingerprint density at radius 1 is 0.792 bits per heavy atom. The highest BCUT2D eigenvalue weighted by atomic mass is 16.1. The average Bonchev–Trinajstić information content (AvgIpc) is 3.02. The first-order valence-electron chi connectivity index (χ1n) is 8.05. The van der Waals surface area contributed by atoms with Gasteiger partial charge in [-0.1, -0.05) is 66.7 Å². The minimum Gasteiger partial charge on any atom is -0.316 e. The van der Waals surface area contributed by atoms with Gasteiger partial charge in [0, 0.05) is 23.7 Å². The van der Waals surface area contributed by atoms with Crippen molar-refractivity contribution in [3.63, 3.8) is 0 Å². The smallest absolute Gasteiger partial charge is 0.167 e. The highest BCUT2D eigenvalue weighted by molar-refractivity contribution is 5.98. The zero-order valence-corrected chi connectivity index (χ0v) is 13.2. The fourth-order valence-corrected chi connectivity index (χ4v) is 3.10. The summed E-state index contributed by atoms with van der Waals surface area (Å²) in [7, 11) is 0. The third-order valence-electron chi connectivity index (χ3n) is 4.28. The van der Waals surface area contributed by atoms with E-state index < -0.39 is 0 Å². The van der Waals surface area contributed by atoms with E-state index in [0.717, 1.165) is 27.9 Å². The number of nitrogens with zero attached hydrogens (tertiary/aromatic N) is 1. The molecule has 4 rings (SSSR count). The van der Waals surface area contributed by atoms with Gasteiger partial charge in [-0.15, -0.1) is 0 Å². The maximum absolute atomic E-state index is 12.6. The molecule has 0 bridgehead atoms. The first-order chi connectivity index (χ1) is 11.8. The van der Waals surface area contributed by atoms with E-state index in [9.17, 15) is 4.79 Å². The Labute approximate surface area is 141 Å². The Morgan fingerprint density at radius 2 is 1.46 bits per heavy atom. The molecular formula is C22H17NO. The normalized spacial score (nSPS) is 10.8. The van der Waals surface area contributed by atoms with Crippen LogP contribution >= 0.6 is 0 Å². The number of carbonyl (C=O) groups is 1. The van der Waals surface area contributed by atoms with Gasteiger partial charge in [0.15, 0.2) is 5.78 Å². The third kappa shape index (κ3) is 2.63. The van der Waals surface area contributed by atoms with E-state index in [2.05, 4.69) is 28.7 Å². The van der Waals surface area contributed by atoms with Gasteiger partial charge >= 0.3 is 0 Å². The SMILES string of the molecule is O=C(Cc1cc(-c2ccccc2)n2ccccc12)c1ccccc1. The third-order valence-corrected chi connectivity index (χ3v) is 4.28. The van der Waals surface area contributed by atoms with Crippen LogP contribution in [-0.2, 0) is 6.42 Å². The van der Waals surface area contributed by atoms with Crippen molar-refractivity contribution in [3.8, 4) is 11.3 Å². The Balaban J connectivity index is 1.78.